The number of nitrogens with one attached hydrogen (secondary N) is 1. The highest BCUT2D eigenvalue weighted by Gasteiger charge is 2.07. The number of nitrogens with zero attached hydrogens (tertiary/aromatic N) is 1. The lowest BCUT2D eigenvalue weighted by Gasteiger charge is -2.10. The number of hydrogen-bond donors (Lipinski definition) is 2. The van der Waals surface area contributed by atoms with Gasteiger partial charge in [-0.15, -0.1) is 11.8 Å². The largest absolute Gasteiger partial charge is 0.396 e. The highest BCUT2D eigenvalue weighted by molar-refractivity contribution is 7.99. The van der Waals surface area contributed by atoms with Crippen molar-refractivity contribution in [2.75, 3.05) is 18.9 Å². The summed E-state index contributed by atoms with van der Waals surface area (Å²) in [5, 5.41) is 14.5. The summed E-state index contributed by atoms with van der Waals surface area (Å²) in [5.74, 6) is 0.904. The fraction of sp³-hybridized carbons (Fsp3) is 0.400. The predicted octanol–water partition coefficient (Wildman–Crippen LogP) is 2.82. The van der Waals surface area contributed by atoms with Gasteiger partial charge in [0.05, 0.1) is 5.52 Å². The van der Waals surface area contributed by atoms with Crippen molar-refractivity contribution in [2.24, 2.45) is 0 Å². The fourth-order valence-electron chi connectivity index (χ4n) is 1.89. The number of thioether (sulfide) groups is 1. The van der Waals surface area contributed by atoms with E-state index >= 15 is 0 Å². The van der Waals surface area contributed by atoms with Crippen LogP contribution in [0, 0.1) is 0 Å². The van der Waals surface area contributed by atoms with Crippen molar-refractivity contribution in [3.63, 3.8) is 0 Å². The van der Waals surface area contributed by atoms with E-state index in [1.807, 2.05) is 18.2 Å². The Morgan fingerprint density at radius 3 is 2.95 bits per heavy atom. The van der Waals surface area contributed by atoms with Crippen molar-refractivity contribution >= 4 is 22.7 Å². The first kappa shape index (κ1) is 14.3. The number of para-hydroxylation sites is 1. The molecule has 0 fully saturated rings. The van der Waals surface area contributed by atoms with Gasteiger partial charge in [-0.3, -0.25) is 0 Å². The molecule has 19 heavy (non-hydrogen) atoms. The van der Waals surface area contributed by atoms with Crippen LogP contribution in [0.3, 0.4) is 0 Å². The van der Waals surface area contributed by atoms with Gasteiger partial charge in [0.1, 0.15) is 5.03 Å². The molecular formula is C15H20N2OS. The molecule has 0 aliphatic rings. The SMILES string of the molecule is CCNCc1cc2ccccc2nc1SCCCO. The van der Waals surface area contributed by atoms with Gasteiger partial charge in [0.2, 0.25) is 0 Å². The summed E-state index contributed by atoms with van der Waals surface area (Å²) in [6.45, 7) is 4.14. The van der Waals surface area contributed by atoms with Crippen LogP contribution in [0.2, 0.25) is 0 Å². The molecular weight excluding hydrogens is 256 g/mol. The average molecular weight is 276 g/mol. The van der Waals surface area contributed by atoms with E-state index in [2.05, 4.69) is 24.4 Å². The normalized spacial score (nSPS) is 11.1. The molecule has 0 atom stereocenters. The number of rotatable bonds is 7. The molecule has 3 nitrogen and oxygen atoms in total. The number of fused-ring (bicyclic) bond motifs is 1. The number of pyridine rings is 1. The molecule has 0 unspecified atom stereocenters. The van der Waals surface area contributed by atoms with E-state index < -0.39 is 0 Å². The monoisotopic (exact) mass is 276 g/mol. The Kier molecular flexibility index (Phi) is 5.63. The maximum absolute atomic E-state index is 8.88. The number of aliphatic hydroxyl groups excluding tert-OH is 1. The van der Waals surface area contributed by atoms with E-state index in [0.717, 1.165) is 35.8 Å². The minimum absolute atomic E-state index is 0.239. The number of aromatic nitrogens is 1. The van der Waals surface area contributed by atoms with Gasteiger partial charge >= 0.3 is 0 Å². The maximum Gasteiger partial charge on any atom is 0.101 e. The van der Waals surface area contributed by atoms with Crippen molar-refractivity contribution in [1.82, 2.24) is 10.3 Å². The van der Waals surface area contributed by atoms with Gasteiger partial charge in [0.15, 0.2) is 0 Å². The summed E-state index contributed by atoms with van der Waals surface area (Å²) in [5.41, 5.74) is 2.28. The van der Waals surface area contributed by atoms with Gasteiger partial charge in [0.25, 0.3) is 0 Å². The van der Waals surface area contributed by atoms with Gasteiger partial charge in [-0.25, -0.2) is 4.98 Å². The van der Waals surface area contributed by atoms with Gasteiger partial charge in [-0.05, 0) is 30.7 Å². The second-order valence-corrected chi connectivity index (χ2v) is 5.43. The average Bonchev–Trinajstić information content (AvgIpc) is 2.45. The third-order valence-electron chi connectivity index (χ3n) is 2.87. The second kappa shape index (κ2) is 7.48. The molecule has 0 aliphatic heterocycles. The van der Waals surface area contributed by atoms with Crippen LogP contribution < -0.4 is 5.32 Å². The van der Waals surface area contributed by atoms with E-state index in [4.69, 9.17) is 10.1 Å². The zero-order valence-electron chi connectivity index (χ0n) is 11.2. The maximum atomic E-state index is 8.88. The van der Waals surface area contributed by atoms with Crippen molar-refractivity contribution in [3.8, 4) is 0 Å². The van der Waals surface area contributed by atoms with E-state index in [1.165, 1.54) is 10.9 Å². The van der Waals surface area contributed by atoms with E-state index in [-0.39, 0.29) is 6.61 Å². The molecule has 2 aromatic rings. The van der Waals surface area contributed by atoms with Crippen LogP contribution in [0.4, 0.5) is 0 Å². The molecule has 1 heterocycles. The highest BCUT2D eigenvalue weighted by atomic mass is 32.2. The Balaban J connectivity index is 2.27. The van der Waals surface area contributed by atoms with Crippen LogP contribution in [-0.4, -0.2) is 29.0 Å². The lowest BCUT2D eigenvalue weighted by Crippen LogP contribution is -2.13. The molecule has 0 saturated carbocycles. The first-order valence-corrected chi connectivity index (χ1v) is 7.66. The minimum Gasteiger partial charge on any atom is -0.396 e. The smallest absolute Gasteiger partial charge is 0.101 e. The Labute approximate surface area is 118 Å². The van der Waals surface area contributed by atoms with Crippen LogP contribution in [-0.2, 0) is 6.54 Å². The lowest BCUT2D eigenvalue weighted by molar-refractivity contribution is 0.296. The zero-order valence-corrected chi connectivity index (χ0v) is 12.0. The third-order valence-corrected chi connectivity index (χ3v) is 3.99. The topological polar surface area (TPSA) is 45.2 Å². The first-order chi connectivity index (χ1) is 9.35. The molecule has 1 aromatic heterocycles. The molecule has 1 aromatic carbocycles. The third kappa shape index (κ3) is 3.93. The molecule has 2 N–H and O–H groups in total. The Bertz CT molecular complexity index is 531. The van der Waals surface area contributed by atoms with Crippen molar-refractivity contribution in [1.29, 1.82) is 0 Å². The molecule has 4 heteroatoms. The summed E-state index contributed by atoms with van der Waals surface area (Å²) < 4.78 is 0. The van der Waals surface area contributed by atoms with E-state index in [1.54, 1.807) is 11.8 Å². The van der Waals surface area contributed by atoms with Crippen LogP contribution in [0.1, 0.15) is 18.9 Å². The Hall–Kier alpha value is -1.10. The lowest BCUT2D eigenvalue weighted by atomic mass is 10.1. The highest BCUT2D eigenvalue weighted by Crippen LogP contribution is 2.25. The molecule has 102 valence electrons. The number of benzene rings is 1. The molecule has 0 bridgehead atoms. The minimum atomic E-state index is 0.239. The van der Waals surface area contributed by atoms with Gasteiger partial charge < -0.3 is 10.4 Å². The molecule has 0 amide bonds. The van der Waals surface area contributed by atoms with Crippen molar-refractivity contribution < 1.29 is 5.11 Å². The standard InChI is InChI=1S/C15H20N2OS/c1-2-16-11-13-10-12-6-3-4-7-14(12)17-15(13)19-9-5-8-18/h3-4,6-7,10,16,18H,2,5,8-9,11H2,1H3. The van der Waals surface area contributed by atoms with Crippen molar-refractivity contribution in [3.05, 3.63) is 35.9 Å². The molecule has 0 aliphatic carbocycles. The predicted molar refractivity (Wildman–Crippen MR) is 81.6 cm³/mol. The van der Waals surface area contributed by atoms with E-state index in [9.17, 15) is 0 Å². The van der Waals surface area contributed by atoms with Crippen LogP contribution in [0.5, 0.6) is 0 Å². The summed E-state index contributed by atoms with van der Waals surface area (Å²) >= 11 is 1.73. The second-order valence-electron chi connectivity index (χ2n) is 4.35. The first-order valence-electron chi connectivity index (χ1n) is 6.68. The van der Waals surface area contributed by atoms with Gasteiger partial charge in [0, 0.05) is 24.3 Å². The van der Waals surface area contributed by atoms with Gasteiger partial charge in [-0.1, -0.05) is 25.1 Å². The van der Waals surface area contributed by atoms with Crippen LogP contribution in [0.15, 0.2) is 35.4 Å². The van der Waals surface area contributed by atoms with Crippen LogP contribution >= 0.6 is 11.8 Å². The number of aliphatic hydroxyl groups is 1. The number of hydrogen-bond acceptors (Lipinski definition) is 4. The van der Waals surface area contributed by atoms with Crippen LogP contribution in [0.25, 0.3) is 10.9 Å². The van der Waals surface area contributed by atoms with E-state index in [0.29, 0.717) is 0 Å². The van der Waals surface area contributed by atoms with Crippen molar-refractivity contribution in [2.45, 2.75) is 24.9 Å². The fourth-order valence-corrected chi connectivity index (χ4v) is 2.83. The summed E-state index contributed by atoms with van der Waals surface area (Å²) in [4.78, 5) is 4.74. The Morgan fingerprint density at radius 1 is 1.32 bits per heavy atom. The summed E-state index contributed by atoms with van der Waals surface area (Å²) in [7, 11) is 0. The summed E-state index contributed by atoms with van der Waals surface area (Å²) in [6.07, 6.45) is 0.805. The molecule has 0 radical (unpaired) electrons. The molecule has 0 saturated heterocycles. The zero-order chi connectivity index (χ0) is 13.5. The molecule has 0 spiro atoms. The summed E-state index contributed by atoms with van der Waals surface area (Å²) in [6, 6.07) is 10.4. The quantitative estimate of drug-likeness (QED) is 0.603. The Morgan fingerprint density at radius 2 is 2.16 bits per heavy atom. The molecule has 2 rings (SSSR count). The van der Waals surface area contributed by atoms with Gasteiger partial charge in [-0.2, -0.15) is 0 Å².